The largest absolute Gasteiger partial charge is 0.457 e. The van der Waals surface area contributed by atoms with Gasteiger partial charge in [0.25, 0.3) is 0 Å². The van der Waals surface area contributed by atoms with E-state index in [-0.39, 0.29) is 12.6 Å². The van der Waals surface area contributed by atoms with Gasteiger partial charge in [-0.25, -0.2) is 4.79 Å². The SMILES string of the molecule is CCCN(CCO)C(=O)Nc1ccc(Oc2ccccc2)cc1. The predicted octanol–water partition coefficient (Wildman–Crippen LogP) is 3.72. The van der Waals surface area contributed by atoms with Crippen molar-refractivity contribution >= 4 is 11.7 Å². The van der Waals surface area contributed by atoms with Gasteiger partial charge < -0.3 is 20.1 Å². The summed E-state index contributed by atoms with van der Waals surface area (Å²) in [6.45, 7) is 2.89. The second kappa shape index (κ2) is 8.80. The number of nitrogens with one attached hydrogen (secondary N) is 1. The predicted molar refractivity (Wildman–Crippen MR) is 90.9 cm³/mol. The number of hydrogen-bond donors (Lipinski definition) is 2. The number of amides is 2. The van der Waals surface area contributed by atoms with E-state index in [0.717, 1.165) is 12.2 Å². The lowest BCUT2D eigenvalue weighted by atomic mass is 10.3. The minimum atomic E-state index is -0.211. The van der Waals surface area contributed by atoms with Gasteiger partial charge in [-0.05, 0) is 42.8 Å². The third-order valence-electron chi connectivity index (χ3n) is 3.24. The van der Waals surface area contributed by atoms with E-state index in [4.69, 9.17) is 9.84 Å². The van der Waals surface area contributed by atoms with E-state index in [0.29, 0.717) is 24.5 Å². The minimum Gasteiger partial charge on any atom is -0.457 e. The quantitative estimate of drug-likeness (QED) is 0.819. The highest BCUT2D eigenvalue weighted by Crippen LogP contribution is 2.22. The summed E-state index contributed by atoms with van der Waals surface area (Å²) in [7, 11) is 0. The van der Waals surface area contributed by atoms with Crippen LogP contribution in [0.1, 0.15) is 13.3 Å². The lowest BCUT2D eigenvalue weighted by molar-refractivity contribution is 0.188. The van der Waals surface area contributed by atoms with Crippen molar-refractivity contribution in [3.05, 3.63) is 54.6 Å². The van der Waals surface area contributed by atoms with Crippen LogP contribution in [0.5, 0.6) is 11.5 Å². The van der Waals surface area contributed by atoms with Crippen molar-refractivity contribution in [2.75, 3.05) is 25.0 Å². The van der Waals surface area contributed by atoms with E-state index in [9.17, 15) is 4.79 Å². The van der Waals surface area contributed by atoms with Gasteiger partial charge in [-0.15, -0.1) is 0 Å². The number of carbonyl (C=O) groups is 1. The van der Waals surface area contributed by atoms with Gasteiger partial charge in [0.2, 0.25) is 0 Å². The zero-order chi connectivity index (χ0) is 16.5. The maximum atomic E-state index is 12.1. The third kappa shape index (κ3) is 5.30. The average molecular weight is 314 g/mol. The normalized spacial score (nSPS) is 10.2. The Hall–Kier alpha value is -2.53. The van der Waals surface area contributed by atoms with Crippen LogP contribution in [0.4, 0.5) is 10.5 Å². The van der Waals surface area contributed by atoms with E-state index in [2.05, 4.69) is 5.32 Å². The van der Waals surface area contributed by atoms with Gasteiger partial charge in [-0.2, -0.15) is 0 Å². The van der Waals surface area contributed by atoms with Gasteiger partial charge in [0, 0.05) is 18.8 Å². The summed E-state index contributed by atoms with van der Waals surface area (Å²) in [4.78, 5) is 13.7. The van der Waals surface area contributed by atoms with Crippen molar-refractivity contribution in [3.63, 3.8) is 0 Å². The molecule has 2 N–H and O–H groups in total. The summed E-state index contributed by atoms with van der Waals surface area (Å²) < 4.78 is 5.71. The Kier molecular flexibility index (Phi) is 6.44. The molecular formula is C18H22N2O3. The average Bonchev–Trinajstić information content (AvgIpc) is 2.57. The summed E-state index contributed by atoms with van der Waals surface area (Å²) in [6, 6.07) is 16.5. The van der Waals surface area contributed by atoms with E-state index >= 15 is 0 Å². The monoisotopic (exact) mass is 314 g/mol. The van der Waals surface area contributed by atoms with Crippen LogP contribution in [-0.2, 0) is 0 Å². The first kappa shape index (κ1) is 16.8. The number of hydrogen-bond acceptors (Lipinski definition) is 3. The van der Waals surface area contributed by atoms with Crippen LogP contribution in [0, 0.1) is 0 Å². The first-order chi connectivity index (χ1) is 11.2. The van der Waals surface area contributed by atoms with Crippen LogP contribution in [0.15, 0.2) is 54.6 Å². The molecule has 2 aromatic rings. The Bertz CT molecular complexity index is 593. The third-order valence-corrected chi connectivity index (χ3v) is 3.24. The number of carbonyl (C=O) groups excluding carboxylic acids is 1. The Balaban J connectivity index is 1.95. The van der Waals surface area contributed by atoms with Gasteiger partial charge in [0.1, 0.15) is 11.5 Å². The minimum absolute atomic E-state index is 0.0444. The fourth-order valence-corrected chi connectivity index (χ4v) is 2.14. The van der Waals surface area contributed by atoms with Crippen LogP contribution < -0.4 is 10.1 Å². The number of aliphatic hydroxyl groups excluding tert-OH is 1. The highest BCUT2D eigenvalue weighted by molar-refractivity contribution is 5.89. The lowest BCUT2D eigenvalue weighted by Crippen LogP contribution is -2.37. The molecule has 0 heterocycles. The maximum Gasteiger partial charge on any atom is 0.321 e. The number of rotatable bonds is 7. The molecule has 5 nitrogen and oxygen atoms in total. The Morgan fingerprint density at radius 1 is 1.04 bits per heavy atom. The standard InChI is InChI=1S/C18H22N2O3/c1-2-12-20(13-14-21)18(22)19-15-8-10-17(11-9-15)23-16-6-4-3-5-7-16/h3-11,21H,2,12-14H2,1H3,(H,19,22). The summed E-state index contributed by atoms with van der Waals surface area (Å²) in [5.41, 5.74) is 0.689. The smallest absolute Gasteiger partial charge is 0.321 e. The van der Waals surface area contributed by atoms with Crippen molar-refractivity contribution in [2.45, 2.75) is 13.3 Å². The van der Waals surface area contributed by atoms with Crippen LogP contribution in [0.2, 0.25) is 0 Å². The number of para-hydroxylation sites is 1. The lowest BCUT2D eigenvalue weighted by Gasteiger charge is -2.21. The molecule has 0 aliphatic heterocycles. The molecule has 0 unspecified atom stereocenters. The number of benzene rings is 2. The fraction of sp³-hybridized carbons (Fsp3) is 0.278. The molecule has 2 amide bonds. The molecular weight excluding hydrogens is 292 g/mol. The molecule has 0 aliphatic rings. The fourth-order valence-electron chi connectivity index (χ4n) is 2.14. The molecule has 0 aromatic heterocycles. The Morgan fingerprint density at radius 3 is 2.30 bits per heavy atom. The number of aliphatic hydroxyl groups is 1. The summed E-state index contributed by atoms with van der Waals surface area (Å²) >= 11 is 0. The summed E-state index contributed by atoms with van der Waals surface area (Å²) in [6.07, 6.45) is 0.845. The van der Waals surface area contributed by atoms with Crippen molar-refractivity contribution < 1.29 is 14.6 Å². The topological polar surface area (TPSA) is 61.8 Å². The molecule has 23 heavy (non-hydrogen) atoms. The highest BCUT2D eigenvalue weighted by Gasteiger charge is 2.11. The van der Waals surface area contributed by atoms with Crippen molar-refractivity contribution in [1.29, 1.82) is 0 Å². The summed E-state index contributed by atoms with van der Waals surface area (Å²) in [5, 5.41) is 11.8. The molecule has 5 heteroatoms. The van der Waals surface area contributed by atoms with Crippen LogP contribution in [0.3, 0.4) is 0 Å². The van der Waals surface area contributed by atoms with Crippen molar-refractivity contribution in [1.82, 2.24) is 4.90 Å². The molecule has 0 spiro atoms. The van der Waals surface area contributed by atoms with E-state index < -0.39 is 0 Å². The van der Waals surface area contributed by atoms with E-state index in [1.807, 2.05) is 37.3 Å². The molecule has 0 saturated heterocycles. The van der Waals surface area contributed by atoms with Crippen molar-refractivity contribution in [2.24, 2.45) is 0 Å². The highest BCUT2D eigenvalue weighted by atomic mass is 16.5. The Labute approximate surface area is 136 Å². The van der Waals surface area contributed by atoms with Gasteiger partial charge in [-0.1, -0.05) is 25.1 Å². The molecule has 0 saturated carbocycles. The molecule has 2 aromatic carbocycles. The first-order valence-corrected chi connectivity index (χ1v) is 7.72. The molecule has 122 valence electrons. The zero-order valence-corrected chi connectivity index (χ0v) is 13.2. The van der Waals surface area contributed by atoms with Crippen LogP contribution >= 0.6 is 0 Å². The van der Waals surface area contributed by atoms with Gasteiger partial charge in [-0.3, -0.25) is 0 Å². The number of urea groups is 1. The van der Waals surface area contributed by atoms with Crippen LogP contribution in [0.25, 0.3) is 0 Å². The number of anilines is 1. The number of nitrogens with zero attached hydrogens (tertiary/aromatic N) is 1. The van der Waals surface area contributed by atoms with E-state index in [1.54, 1.807) is 29.2 Å². The molecule has 0 atom stereocenters. The van der Waals surface area contributed by atoms with Crippen LogP contribution in [-0.4, -0.2) is 35.7 Å². The van der Waals surface area contributed by atoms with E-state index in [1.165, 1.54) is 0 Å². The summed E-state index contributed by atoms with van der Waals surface area (Å²) in [5.74, 6) is 1.47. The molecule has 0 aliphatic carbocycles. The molecule has 2 rings (SSSR count). The molecule has 0 fully saturated rings. The Morgan fingerprint density at radius 2 is 1.70 bits per heavy atom. The van der Waals surface area contributed by atoms with Gasteiger partial charge in [0.15, 0.2) is 0 Å². The molecule has 0 radical (unpaired) electrons. The first-order valence-electron chi connectivity index (χ1n) is 7.72. The maximum absolute atomic E-state index is 12.1. The van der Waals surface area contributed by atoms with Gasteiger partial charge in [0.05, 0.1) is 6.61 Å². The van der Waals surface area contributed by atoms with Crippen molar-refractivity contribution in [3.8, 4) is 11.5 Å². The second-order valence-corrected chi connectivity index (χ2v) is 5.08. The second-order valence-electron chi connectivity index (χ2n) is 5.08. The van der Waals surface area contributed by atoms with Gasteiger partial charge >= 0.3 is 6.03 Å². The molecule has 0 bridgehead atoms. The number of ether oxygens (including phenoxy) is 1. The zero-order valence-electron chi connectivity index (χ0n) is 13.2.